The third kappa shape index (κ3) is 3.42. The minimum absolute atomic E-state index is 0.203. The van der Waals surface area contributed by atoms with Gasteiger partial charge in [0.05, 0.1) is 12.1 Å². The first kappa shape index (κ1) is 14.1. The molecule has 0 radical (unpaired) electrons. The molecule has 0 saturated carbocycles. The van der Waals surface area contributed by atoms with Crippen molar-refractivity contribution < 1.29 is 4.79 Å². The van der Waals surface area contributed by atoms with Crippen molar-refractivity contribution in [3.63, 3.8) is 0 Å². The van der Waals surface area contributed by atoms with Crippen LogP contribution in [0, 0.1) is 0 Å². The lowest BCUT2D eigenvalue weighted by atomic mass is 9.95. The van der Waals surface area contributed by atoms with Crippen molar-refractivity contribution in [2.75, 3.05) is 18.8 Å². The molecule has 1 atom stereocenters. The van der Waals surface area contributed by atoms with E-state index in [1.165, 1.54) is 11.3 Å². The molecule has 4 nitrogen and oxygen atoms in total. The van der Waals surface area contributed by atoms with E-state index in [1.54, 1.807) is 0 Å². The lowest BCUT2D eigenvalue weighted by Gasteiger charge is -2.32. The summed E-state index contributed by atoms with van der Waals surface area (Å²) in [6.07, 6.45) is 2.59. The van der Waals surface area contributed by atoms with E-state index in [2.05, 4.69) is 4.98 Å². The van der Waals surface area contributed by atoms with Crippen LogP contribution in [-0.4, -0.2) is 28.9 Å². The molecule has 0 bridgehead atoms. The molecule has 1 aromatic carbocycles. The molecule has 21 heavy (non-hydrogen) atoms. The predicted octanol–water partition coefficient (Wildman–Crippen LogP) is 2.67. The van der Waals surface area contributed by atoms with E-state index >= 15 is 0 Å². The van der Waals surface area contributed by atoms with Crippen LogP contribution >= 0.6 is 11.3 Å². The lowest BCUT2D eigenvalue weighted by molar-refractivity contribution is -0.131. The summed E-state index contributed by atoms with van der Waals surface area (Å²) in [5.41, 5.74) is 7.82. The second kappa shape index (κ2) is 6.26. The number of thiazole rings is 1. The van der Waals surface area contributed by atoms with Crippen molar-refractivity contribution in [1.29, 1.82) is 0 Å². The van der Waals surface area contributed by atoms with Crippen LogP contribution in [0.25, 0.3) is 0 Å². The highest BCUT2D eigenvalue weighted by molar-refractivity contribution is 7.13. The molecule has 1 amide bonds. The topological polar surface area (TPSA) is 59.2 Å². The van der Waals surface area contributed by atoms with Gasteiger partial charge < -0.3 is 10.6 Å². The van der Waals surface area contributed by atoms with E-state index in [-0.39, 0.29) is 5.91 Å². The average Bonchev–Trinajstić information content (AvgIpc) is 2.95. The molecule has 1 saturated heterocycles. The van der Waals surface area contributed by atoms with Crippen LogP contribution in [-0.2, 0) is 11.2 Å². The van der Waals surface area contributed by atoms with Crippen LogP contribution < -0.4 is 5.73 Å². The van der Waals surface area contributed by atoms with E-state index in [1.807, 2.05) is 40.6 Å². The fraction of sp³-hybridized carbons (Fsp3) is 0.375. The van der Waals surface area contributed by atoms with Crippen LogP contribution in [0.15, 0.2) is 35.7 Å². The molecule has 1 fully saturated rings. The van der Waals surface area contributed by atoms with Gasteiger partial charge in [0.2, 0.25) is 5.91 Å². The summed E-state index contributed by atoms with van der Waals surface area (Å²) in [6.45, 7) is 1.61. The van der Waals surface area contributed by atoms with Crippen molar-refractivity contribution in [3.05, 3.63) is 47.0 Å². The summed E-state index contributed by atoms with van der Waals surface area (Å²) >= 11 is 1.47. The predicted molar refractivity (Wildman–Crippen MR) is 85.2 cm³/mol. The zero-order valence-electron chi connectivity index (χ0n) is 11.9. The van der Waals surface area contributed by atoms with Gasteiger partial charge in [0.25, 0.3) is 0 Å². The van der Waals surface area contributed by atoms with E-state index in [0.29, 0.717) is 17.5 Å². The quantitative estimate of drug-likeness (QED) is 0.948. The Kier molecular flexibility index (Phi) is 4.20. The van der Waals surface area contributed by atoms with Crippen molar-refractivity contribution in [1.82, 2.24) is 9.88 Å². The standard InChI is InChI=1S/C16H19N3OS/c17-16-18-14(11-21-16)13-7-4-8-19(10-13)15(20)9-12-5-2-1-3-6-12/h1-3,5-6,11,13H,4,7-10H2,(H2,17,18)/t13-/m0/s1. The summed E-state index contributed by atoms with van der Waals surface area (Å²) in [5.74, 6) is 0.529. The van der Waals surface area contributed by atoms with Gasteiger partial charge in [0, 0.05) is 24.4 Å². The van der Waals surface area contributed by atoms with Gasteiger partial charge in [-0.1, -0.05) is 30.3 Å². The highest BCUT2D eigenvalue weighted by Crippen LogP contribution is 2.28. The number of hydrogen-bond acceptors (Lipinski definition) is 4. The summed E-state index contributed by atoms with van der Waals surface area (Å²) in [7, 11) is 0. The van der Waals surface area contributed by atoms with Crippen LogP contribution in [0.1, 0.15) is 30.0 Å². The van der Waals surface area contributed by atoms with E-state index in [9.17, 15) is 4.79 Å². The summed E-state index contributed by atoms with van der Waals surface area (Å²) < 4.78 is 0. The van der Waals surface area contributed by atoms with E-state index in [0.717, 1.165) is 37.2 Å². The van der Waals surface area contributed by atoms with Gasteiger partial charge in [-0.25, -0.2) is 4.98 Å². The number of carbonyl (C=O) groups excluding carboxylic acids is 1. The Balaban J connectivity index is 1.64. The smallest absolute Gasteiger partial charge is 0.227 e. The van der Waals surface area contributed by atoms with Crippen molar-refractivity contribution in [3.8, 4) is 0 Å². The molecule has 0 unspecified atom stereocenters. The average molecular weight is 301 g/mol. The number of hydrogen-bond donors (Lipinski definition) is 1. The second-order valence-electron chi connectivity index (χ2n) is 5.45. The minimum atomic E-state index is 0.203. The SMILES string of the molecule is Nc1nc([C@H]2CCCN(C(=O)Cc3ccccc3)C2)cs1. The first-order chi connectivity index (χ1) is 10.2. The highest BCUT2D eigenvalue weighted by Gasteiger charge is 2.26. The third-order valence-corrected chi connectivity index (χ3v) is 4.62. The zero-order chi connectivity index (χ0) is 14.7. The first-order valence-electron chi connectivity index (χ1n) is 7.25. The maximum atomic E-state index is 12.4. The maximum Gasteiger partial charge on any atom is 0.227 e. The number of benzene rings is 1. The molecule has 0 spiro atoms. The molecule has 2 aromatic rings. The van der Waals surface area contributed by atoms with Crippen molar-refractivity contribution in [2.24, 2.45) is 0 Å². The molecule has 1 aliphatic heterocycles. The molecule has 1 aromatic heterocycles. The number of aromatic nitrogens is 1. The van der Waals surface area contributed by atoms with Gasteiger partial charge in [-0.15, -0.1) is 11.3 Å². The zero-order valence-corrected chi connectivity index (χ0v) is 12.7. The van der Waals surface area contributed by atoms with Crippen LogP contribution in [0.2, 0.25) is 0 Å². The molecule has 2 N–H and O–H groups in total. The number of rotatable bonds is 3. The fourth-order valence-electron chi connectivity index (χ4n) is 2.82. The van der Waals surface area contributed by atoms with Crippen molar-refractivity contribution >= 4 is 22.4 Å². The Labute approximate surface area is 128 Å². The minimum Gasteiger partial charge on any atom is -0.375 e. The van der Waals surface area contributed by atoms with Gasteiger partial charge in [-0.05, 0) is 18.4 Å². The van der Waals surface area contributed by atoms with Crippen LogP contribution in [0.4, 0.5) is 5.13 Å². The number of nitrogens with zero attached hydrogens (tertiary/aromatic N) is 2. The third-order valence-electron chi connectivity index (χ3n) is 3.93. The maximum absolute atomic E-state index is 12.4. The number of carbonyl (C=O) groups is 1. The Bertz CT molecular complexity index is 611. The molecule has 3 rings (SSSR count). The lowest BCUT2D eigenvalue weighted by Crippen LogP contribution is -2.40. The number of nitrogens with two attached hydrogens (primary N) is 1. The Morgan fingerprint density at radius 1 is 1.38 bits per heavy atom. The fourth-order valence-corrected chi connectivity index (χ4v) is 3.46. The van der Waals surface area contributed by atoms with Gasteiger partial charge in [-0.2, -0.15) is 0 Å². The second-order valence-corrected chi connectivity index (χ2v) is 6.34. The van der Waals surface area contributed by atoms with Gasteiger partial charge >= 0.3 is 0 Å². The summed E-state index contributed by atoms with van der Waals surface area (Å²) in [4.78, 5) is 18.8. The normalized spacial score (nSPS) is 18.7. The summed E-state index contributed by atoms with van der Waals surface area (Å²) in [6, 6.07) is 9.91. The van der Waals surface area contributed by atoms with Crippen LogP contribution in [0.3, 0.4) is 0 Å². The number of anilines is 1. The van der Waals surface area contributed by atoms with Gasteiger partial charge in [0.1, 0.15) is 0 Å². The Hall–Kier alpha value is -1.88. The van der Waals surface area contributed by atoms with Crippen LogP contribution in [0.5, 0.6) is 0 Å². The van der Waals surface area contributed by atoms with Gasteiger partial charge in [-0.3, -0.25) is 4.79 Å². The van der Waals surface area contributed by atoms with Gasteiger partial charge in [0.15, 0.2) is 5.13 Å². The highest BCUT2D eigenvalue weighted by atomic mass is 32.1. The molecule has 5 heteroatoms. The number of amides is 1. The molecule has 2 heterocycles. The molecular weight excluding hydrogens is 282 g/mol. The Morgan fingerprint density at radius 3 is 2.90 bits per heavy atom. The monoisotopic (exact) mass is 301 g/mol. The van der Waals surface area contributed by atoms with E-state index in [4.69, 9.17) is 5.73 Å². The summed E-state index contributed by atoms with van der Waals surface area (Å²) in [5, 5.41) is 2.63. The number of likely N-dealkylation sites (tertiary alicyclic amines) is 1. The molecule has 110 valence electrons. The van der Waals surface area contributed by atoms with E-state index < -0.39 is 0 Å². The largest absolute Gasteiger partial charge is 0.375 e. The first-order valence-corrected chi connectivity index (χ1v) is 8.13. The molecule has 0 aliphatic carbocycles. The molecular formula is C16H19N3OS. The Morgan fingerprint density at radius 2 is 2.19 bits per heavy atom. The number of nitrogen functional groups attached to an aromatic ring is 1. The number of piperidine rings is 1. The molecule has 1 aliphatic rings. The van der Waals surface area contributed by atoms with Crippen molar-refractivity contribution in [2.45, 2.75) is 25.2 Å².